The van der Waals surface area contributed by atoms with Gasteiger partial charge in [-0.25, -0.2) is 0 Å². The van der Waals surface area contributed by atoms with Crippen LogP contribution in [0.15, 0.2) is 36.4 Å². The molecule has 148 valence electrons. The molecule has 1 atom stereocenters. The summed E-state index contributed by atoms with van der Waals surface area (Å²) >= 11 is 0. The summed E-state index contributed by atoms with van der Waals surface area (Å²) in [5.41, 5.74) is 8.72. The van der Waals surface area contributed by atoms with E-state index in [0.717, 1.165) is 38.2 Å². The zero-order valence-electron chi connectivity index (χ0n) is 17.9. The zero-order chi connectivity index (χ0) is 19.8. The standard InChI is InChI=1S/C25H32N2O/c1-6-26-16-22-23(15-19(26)4)27(25-18(3)8-7-17(2)24(22)25)14-13-20-9-11-21(28-5)12-10-20/h7-12,19H,6,13-16H2,1-5H3. The van der Waals surface area contributed by atoms with Crippen LogP contribution >= 0.6 is 0 Å². The molecule has 0 radical (unpaired) electrons. The lowest BCUT2D eigenvalue weighted by atomic mass is 9.97. The Kier molecular flexibility index (Phi) is 5.20. The van der Waals surface area contributed by atoms with Crippen molar-refractivity contribution in [2.45, 2.75) is 59.7 Å². The Morgan fingerprint density at radius 1 is 1.04 bits per heavy atom. The summed E-state index contributed by atoms with van der Waals surface area (Å²) in [5.74, 6) is 0.924. The van der Waals surface area contributed by atoms with Gasteiger partial charge in [-0.15, -0.1) is 0 Å². The molecule has 1 aromatic heterocycles. The van der Waals surface area contributed by atoms with Crippen LogP contribution in [0.5, 0.6) is 5.75 Å². The minimum Gasteiger partial charge on any atom is -0.497 e. The van der Waals surface area contributed by atoms with Gasteiger partial charge < -0.3 is 9.30 Å². The summed E-state index contributed by atoms with van der Waals surface area (Å²) in [6.07, 6.45) is 2.18. The smallest absolute Gasteiger partial charge is 0.118 e. The predicted molar refractivity (Wildman–Crippen MR) is 117 cm³/mol. The molecule has 2 aromatic carbocycles. The fourth-order valence-electron chi connectivity index (χ4n) is 4.84. The monoisotopic (exact) mass is 376 g/mol. The van der Waals surface area contributed by atoms with Gasteiger partial charge in [0.05, 0.1) is 12.6 Å². The summed E-state index contributed by atoms with van der Waals surface area (Å²) < 4.78 is 7.93. The molecule has 1 unspecified atom stereocenters. The van der Waals surface area contributed by atoms with E-state index in [1.54, 1.807) is 18.4 Å². The molecular weight excluding hydrogens is 344 g/mol. The molecule has 0 fully saturated rings. The number of rotatable bonds is 5. The molecule has 0 bridgehead atoms. The Hall–Kier alpha value is -2.26. The minimum atomic E-state index is 0.599. The minimum absolute atomic E-state index is 0.599. The van der Waals surface area contributed by atoms with Crippen molar-refractivity contribution in [3.63, 3.8) is 0 Å². The summed E-state index contributed by atoms with van der Waals surface area (Å²) in [4.78, 5) is 2.61. The number of benzene rings is 2. The van der Waals surface area contributed by atoms with Gasteiger partial charge >= 0.3 is 0 Å². The highest BCUT2D eigenvalue weighted by Gasteiger charge is 2.28. The maximum Gasteiger partial charge on any atom is 0.118 e. The number of aromatic nitrogens is 1. The average molecular weight is 377 g/mol. The summed E-state index contributed by atoms with van der Waals surface area (Å²) in [6.45, 7) is 12.4. The van der Waals surface area contributed by atoms with E-state index in [1.165, 1.54) is 27.6 Å². The van der Waals surface area contributed by atoms with Crippen molar-refractivity contribution in [2.24, 2.45) is 0 Å². The van der Waals surface area contributed by atoms with E-state index >= 15 is 0 Å². The maximum atomic E-state index is 5.30. The molecule has 0 saturated heterocycles. The van der Waals surface area contributed by atoms with E-state index in [4.69, 9.17) is 4.74 Å². The Morgan fingerprint density at radius 3 is 2.43 bits per heavy atom. The zero-order valence-corrected chi connectivity index (χ0v) is 17.9. The largest absolute Gasteiger partial charge is 0.497 e. The molecule has 28 heavy (non-hydrogen) atoms. The van der Waals surface area contributed by atoms with Crippen molar-refractivity contribution in [3.05, 3.63) is 64.3 Å². The van der Waals surface area contributed by atoms with Crippen molar-refractivity contribution in [1.29, 1.82) is 0 Å². The number of likely N-dealkylation sites (N-methyl/N-ethyl adjacent to an activating group) is 1. The fourth-order valence-corrected chi connectivity index (χ4v) is 4.84. The van der Waals surface area contributed by atoms with Gasteiger partial charge in [-0.2, -0.15) is 0 Å². The van der Waals surface area contributed by atoms with Crippen molar-refractivity contribution >= 4 is 10.9 Å². The van der Waals surface area contributed by atoms with Crippen LogP contribution in [0.3, 0.4) is 0 Å². The molecule has 3 nitrogen and oxygen atoms in total. The van der Waals surface area contributed by atoms with E-state index in [-0.39, 0.29) is 0 Å². The first kappa shape index (κ1) is 19.1. The molecule has 0 spiro atoms. The Balaban J connectivity index is 1.76. The molecule has 3 heteroatoms. The highest BCUT2D eigenvalue weighted by atomic mass is 16.5. The first-order valence-corrected chi connectivity index (χ1v) is 10.5. The third-order valence-electron chi connectivity index (χ3n) is 6.50. The normalized spacial score (nSPS) is 17.1. The molecule has 0 amide bonds. The number of ether oxygens (including phenoxy) is 1. The second-order valence-corrected chi connectivity index (χ2v) is 8.21. The van der Waals surface area contributed by atoms with Crippen LogP contribution in [0.2, 0.25) is 0 Å². The van der Waals surface area contributed by atoms with Crippen LogP contribution in [-0.2, 0) is 25.9 Å². The van der Waals surface area contributed by atoms with Crippen LogP contribution < -0.4 is 4.74 Å². The number of fused-ring (bicyclic) bond motifs is 3. The van der Waals surface area contributed by atoms with Gasteiger partial charge in [-0.1, -0.05) is 31.2 Å². The lowest BCUT2D eigenvalue weighted by molar-refractivity contribution is 0.192. The topological polar surface area (TPSA) is 17.4 Å². The molecule has 2 heterocycles. The highest BCUT2D eigenvalue weighted by Crippen LogP contribution is 2.36. The number of aryl methyl sites for hydroxylation is 4. The number of nitrogens with zero attached hydrogens (tertiary/aromatic N) is 2. The van der Waals surface area contributed by atoms with E-state index in [9.17, 15) is 0 Å². The average Bonchev–Trinajstić information content (AvgIpc) is 3.03. The highest BCUT2D eigenvalue weighted by molar-refractivity contribution is 5.91. The van der Waals surface area contributed by atoms with Crippen molar-refractivity contribution < 1.29 is 4.74 Å². The fraction of sp³-hybridized carbons (Fsp3) is 0.440. The number of methoxy groups -OCH3 is 1. The Morgan fingerprint density at radius 2 is 1.75 bits per heavy atom. The molecule has 0 aliphatic carbocycles. The van der Waals surface area contributed by atoms with Crippen molar-refractivity contribution in [1.82, 2.24) is 9.47 Å². The third-order valence-corrected chi connectivity index (χ3v) is 6.50. The van der Waals surface area contributed by atoms with Crippen LogP contribution in [0.4, 0.5) is 0 Å². The third kappa shape index (κ3) is 3.22. The van der Waals surface area contributed by atoms with Gasteiger partial charge in [-0.05, 0) is 68.1 Å². The molecule has 1 aliphatic heterocycles. The molecule has 0 saturated carbocycles. The first-order chi connectivity index (χ1) is 13.5. The second-order valence-electron chi connectivity index (χ2n) is 8.21. The van der Waals surface area contributed by atoms with Crippen LogP contribution in [0.25, 0.3) is 10.9 Å². The van der Waals surface area contributed by atoms with Crippen LogP contribution in [0, 0.1) is 13.8 Å². The maximum absolute atomic E-state index is 5.30. The van der Waals surface area contributed by atoms with Gasteiger partial charge in [0, 0.05) is 36.6 Å². The molecular formula is C25H32N2O. The SMILES string of the molecule is CCN1Cc2c(n(CCc3ccc(OC)cc3)c3c(C)ccc(C)c23)CC1C. The predicted octanol–water partition coefficient (Wildman–Crippen LogP) is 5.28. The van der Waals surface area contributed by atoms with Crippen molar-refractivity contribution in [3.8, 4) is 5.75 Å². The van der Waals surface area contributed by atoms with E-state index in [0.29, 0.717) is 6.04 Å². The summed E-state index contributed by atoms with van der Waals surface area (Å²) in [7, 11) is 1.72. The molecule has 1 aliphatic rings. The Bertz CT molecular complexity index is 984. The summed E-state index contributed by atoms with van der Waals surface area (Å²) in [5, 5.41) is 1.50. The molecule has 4 rings (SSSR count). The van der Waals surface area contributed by atoms with E-state index in [2.05, 4.69) is 73.6 Å². The summed E-state index contributed by atoms with van der Waals surface area (Å²) in [6, 6.07) is 13.7. The van der Waals surface area contributed by atoms with Gasteiger partial charge in [0.1, 0.15) is 5.75 Å². The second kappa shape index (κ2) is 7.63. The van der Waals surface area contributed by atoms with Gasteiger partial charge in [0.15, 0.2) is 0 Å². The van der Waals surface area contributed by atoms with Gasteiger partial charge in [0.2, 0.25) is 0 Å². The quantitative estimate of drug-likeness (QED) is 0.603. The van der Waals surface area contributed by atoms with E-state index < -0.39 is 0 Å². The van der Waals surface area contributed by atoms with Crippen LogP contribution in [-0.4, -0.2) is 29.2 Å². The lowest BCUT2D eigenvalue weighted by Gasteiger charge is -2.33. The number of hydrogen-bond acceptors (Lipinski definition) is 2. The Labute approximate surface area is 168 Å². The molecule has 3 aromatic rings. The number of hydrogen-bond donors (Lipinski definition) is 0. The van der Waals surface area contributed by atoms with Gasteiger partial charge in [0.25, 0.3) is 0 Å². The van der Waals surface area contributed by atoms with Gasteiger partial charge in [-0.3, -0.25) is 4.90 Å². The van der Waals surface area contributed by atoms with Crippen molar-refractivity contribution in [2.75, 3.05) is 13.7 Å². The van der Waals surface area contributed by atoms with E-state index in [1.807, 2.05) is 0 Å². The lowest BCUT2D eigenvalue weighted by Crippen LogP contribution is -2.38. The first-order valence-electron chi connectivity index (χ1n) is 10.5. The molecule has 0 N–H and O–H groups in total. The van der Waals surface area contributed by atoms with Crippen LogP contribution in [0.1, 0.15) is 41.8 Å².